The molecule has 0 amide bonds. The van der Waals surface area contributed by atoms with Gasteiger partial charge in [0.2, 0.25) is 0 Å². The van der Waals surface area contributed by atoms with Gasteiger partial charge in [0.05, 0.1) is 32.0 Å². The second kappa shape index (κ2) is 14.2. The Bertz CT molecular complexity index is 1340. The lowest BCUT2D eigenvalue weighted by atomic mass is 9.44. The van der Waals surface area contributed by atoms with Crippen LogP contribution in [0.2, 0.25) is 0 Å². The number of fused-ring (bicyclic) bond motifs is 7. The summed E-state index contributed by atoms with van der Waals surface area (Å²) in [5.74, 6) is 2.02. The lowest BCUT2D eigenvalue weighted by Crippen LogP contribution is -2.65. The number of Topliss-reactive ketones (excluding diaryl/α,β-unsaturated/α-hetero) is 1. The van der Waals surface area contributed by atoms with E-state index in [0.29, 0.717) is 48.9 Å². The average molecular weight is 755 g/mol. The zero-order valence-corrected chi connectivity index (χ0v) is 31.4. The van der Waals surface area contributed by atoms with Crippen LogP contribution in [0.25, 0.3) is 0 Å². The van der Waals surface area contributed by atoms with Crippen LogP contribution < -0.4 is 0 Å². The van der Waals surface area contributed by atoms with Gasteiger partial charge in [-0.15, -0.1) is 0 Å². The summed E-state index contributed by atoms with van der Waals surface area (Å²) < 4.78 is 36.7. The monoisotopic (exact) mass is 754 g/mol. The van der Waals surface area contributed by atoms with E-state index in [-0.39, 0.29) is 35.4 Å². The molecule has 0 radical (unpaired) electrons. The van der Waals surface area contributed by atoms with Crippen molar-refractivity contribution in [1.29, 1.82) is 0 Å². The second-order valence-electron chi connectivity index (χ2n) is 18.6. The van der Waals surface area contributed by atoms with Crippen LogP contribution in [0.4, 0.5) is 0 Å². The number of aliphatic hydroxyl groups excluding tert-OH is 7. The van der Waals surface area contributed by atoms with Crippen LogP contribution in [0.5, 0.6) is 0 Å². The molecule has 53 heavy (non-hydrogen) atoms. The van der Waals surface area contributed by atoms with Crippen molar-refractivity contribution >= 4 is 5.78 Å². The number of aliphatic hydroxyl groups is 7. The number of ketones is 1. The third-order valence-corrected chi connectivity index (χ3v) is 16.0. The molecule has 0 bridgehead atoms. The van der Waals surface area contributed by atoms with Gasteiger partial charge < -0.3 is 64.2 Å². The van der Waals surface area contributed by atoms with Gasteiger partial charge in [0.15, 0.2) is 18.4 Å². The van der Waals surface area contributed by atoms with Crippen LogP contribution in [0.15, 0.2) is 0 Å². The SMILES string of the molecule is C[C@@H]1CC[C@@]2(OC1)OC1C[C@H]3[C@@H]4CCC5C[C@@H](O[C@@H]6O[C@H](CO)[C@@H](O[C@@H]7O[C@H](CO)[C@@H](O)[C@H](O)[C@H]7O)[C@H](O)[C@H]6O)CC[C@]5(C)[C@H]4CC(=O)[C@]3(C)C1[C@@H]2C. The van der Waals surface area contributed by atoms with Crippen LogP contribution >= 0.6 is 0 Å². The molecule has 4 heterocycles. The van der Waals surface area contributed by atoms with Crippen molar-refractivity contribution in [2.45, 2.75) is 165 Å². The van der Waals surface area contributed by atoms with Crippen LogP contribution in [0.3, 0.4) is 0 Å². The van der Waals surface area contributed by atoms with Crippen molar-refractivity contribution in [3.63, 3.8) is 0 Å². The molecule has 0 aromatic carbocycles. The maximum absolute atomic E-state index is 14.5. The first-order valence-corrected chi connectivity index (χ1v) is 20.3. The molecular formula is C39H62O14. The quantitative estimate of drug-likeness (QED) is 0.185. The molecule has 3 unspecified atom stereocenters. The van der Waals surface area contributed by atoms with E-state index in [0.717, 1.165) is 44.9 Å². The van der Waals surface area contributed by atoms with Crippen molar-refractivity contribution in [3.05, 3.63) is 0 Å². The molecule has 4 aliphatic heterocycles. The van der Waals surface area contributed by atoms with Gasteiger partial charge in [-0.25, -0.2) is 0 Å². The molecule has 0 aromatic rings. The Hall–Kier alpha value is -0.850. The lowest BCUT2D eigenvalue weighted by molar-refractivity contribution is -0.364. The zero-order chi connectivity index (χ0) is 37.8. The Morgan fingerprint density at radius 1 is 0.774 bits per heavy atom. The van der Waals surface area contributed by atoms with E-state index in [2.05, 4.69) is 27.7 Å². The highest BCUT2D eigenvalue weighted by Gasteiger charge is 2.72. The van der Waals surface area contributed by atoms with Crippen LogP contribution in [0, 0.1) is 52.3 Å². The summed E-state index contributed by atoms with van der Waals surface area (Å²) in [5.41, 5.74) is -0.453. The van der Waals surface area contributed by atoms with Crippen molar-refractivity contribution < 1.29 is 69.0 Å². The Labute approximate surface area is 311 Å². The Balaban J connectivity index is 0.909. The summed E-state index contributed by atoms with van der Waals surface area (Å²) in [6, 6.07) is 0. The molecule has 4 saturated carbocycles. The van der Waals surface area contributed by atoms with E-state index in [1.165, 1.54) is 0 Å². The topological polar surface area (TPSA) is 214 Å². The van der Waals surface area contributed by atoms with Crippen LogP contribution in [-0.2, 0) is 33.2 Å². The van der Waals surface area contributed by atoms with E-state index in [4.69, 9.17) is 28.4 Å². The highest BCUT2D eigenvalue weighted by Crippen LogP contribution is 2.70. The molecule has 302 valence electrons. The number of ether oxygens (including phenoxy) is 6. The highest BCUT2D eigenvalue weighted by molar-refractivity contribution is 5.87. The van der Waals surface area contributed by atoms with E-state index in [1.807, 2.05) is 0 Å². The molecule has 0 aromatic heterocycles. The molecule has 4 saturated heterocycles. The molecule has 8 fully saturated rings. The number of rotatable bonds is 6. The van der Waals surface area contributed by atoms with Crippen LogP contribution in [-0.4, -0.2) is 141 Å². The smallest absolute Gasteiger partial charge is 0.187 e. The average Bonchev–Trinajstić information content (AvgIpc) is 3.59. The Morgan fingerprint density at radius 3 is 2.17 bits per heavy atom. The summed E-state index contributed by atoms with van der Waals surface area (Å²) >= 11 is 0. The van der Waals surface area contributed by atoms with Gasteiger partial charge in [-0.3, -0.25) is 4.79 Å². The predicted molar refractivity (Wildman–Crippen MR) is 183 cm³/mol. The molecule has 14 heteroatoms. The zero-order valence-electron chi connectivity index (χ0n) is 31.4. The maximum atomic E-state index is 14.5. The largest absolute Gasteiger partial charge is 0.394 e. The highest BCUT2D eigenvalue weighted by atomic mass is 16.7. The molecule has 8 rings (SSSR count). The maximum Gasteiger partial charge on any atom is 0.187 e. The van der Waals surface area contributed by atoms with Gasteiger partial charge >= 0.3 is 0 Å². The van der Waals surface area contributed by atoms with Gasteiger partial charge in [0.1, 0.15) is 54.6 Å². The van der Waals surface area contributed by atoms with Gasteiger partial charge in [-0.05, 0) is 80.0 Å². The first kappa shape index (κ1) is 39.0. The molecule has 14 nitrogen and oxygen atoms in total. The van der Waals surface area contributed by atoms with Crippen molar-refractivity contribution in [2.24, 2.45) is 52.3 Å². The van der Waals surface area contributed by atoms with Gasteiger partial charge in [0.25, 0.3) is 0 Å². The van der Waals surface area contributed by atoms with E-state index in [9.17, 15) is 40.5 Å². The number of hydrogen-bond acceptors (Lipinski definition) is 14. The van der Waals surface area contributed by atoms with E-state index in [1.54, 1.807) is 0 Å². The molecule has 22 atom stereocenters. The second-order valence-corrected chi connectivity index (χ2v) is 18.6. The van der Waals surface area contributed by atoms with Gasteiger partial charge in [-0.2, -0.15) is 0 Å². The summed E-state index contributed by atoms with van der Waals surface area (Å²) in [6.45, 7) is 8.51. The van der Waals surface area contributed by atoms with Crippen molar-refractivity contribution in [1.82, 2.24) is 0 Å². The van der Waals surface area contributed by atoms with E-state index >= 15 is 0 Å². The summed E-state index contributed by atoms with van der Waals surface area (Å²) in [5, 5.41) is 72.8. The summed E-state index contributed by atoms with van der Waals surface area (Å²) in [6.07, 6.45) is -7.31. The van der Waals surface area contributed by atoms with Crippen molar-refractivity contribution in [3.8, 4) is 0 Å². The minimum Gasteiger partial charge on any atom is -0.394 e. The Morgan fingerprint density at radius 2 is 1.47 bits per heavy atom. The molecule has 4 aliphatic carbocycles. The Kier molecular flexibility index (Phi) is 10.5. The molecular weight excluding hydrogens is 692 g/mol. The predicted octanol–water partition coefficient (Wildman–Crippen LogP) is 0.621. The fraction of sp³-hybridized carbons (Fsp3) is 0.974. The number of carbonyl (C=O) groups excluding carboxylic acids is 1. The molecule has 7 N–H and O–H groups in total. The fourth-order valence-corrected chi connectivity index (χ4v) is 12.9. The van der Waals surface area contributed by atoms with E-state index < -0.39 is 85.8 Å². The number of carbonyl (C=O) groups is 1. The number of hydrogen-bond donors (Lipinski definition) is 7. The standard InChI is InChI=1S/C39H62O14/c1-17-7-10-39(48-16-17)18(2)28-24(53-39)12-23-21-6-5-19-11-20(8-9-37(19,3)22(21)13-27(42)38(23,28)4)49-35-33(47)31(45)34(26(15-41)51-35)52-36-32(46)30(44)29(43)25(14-40)50-36/h17-26,28-36,40-41,43-47H,5-16H2,1-4H3/t17-,18+,19?,20+,21-,22+,23+,24?,25-,26-,28?,29-,30+,31-,32-,33-,34-,35-,36+,37+,38-,39-/m1/s1. The lowest BCUT2D eigenvalue weighted by Gasteiger charge is -2.60. The summed E-state index contributed by atoms with van der Waals surface area (Å²) in [7, 11) is 0. The fourth-order valence-electron chi connectivity index (χ4n) is 12.9. The third-order valence-electron chi connectivity index (χ3n) is 16.0. The van der Waals surface area contributed by atoms with Gasteiger partial charge in [0, 0.05) is 30.1 Å². The third kappa shape index (κ3) is 6.03. The molecule has 8 aliphatic rings. The first-order valence-electron chi connectivity index (χ1n) is 20.3. The minimum absolute atomic E-state index is 0.0443. The van der Waals surface area contributed by atoms with Gasteiger partial charge in [-0.1, -0.05) is 27.7 Å². The van der Waals surface area contributed by atoms with Crippen molar-refractivity contribution in [2.75, 3.05) is 19.8 Å². The summed E-state index contributed by atoms with van der Waals surface area (Å²) in [4.78, 5) is 14.5. The normalized spacial score (nSPS) is 58.2. The van der Waals surface area contributed by atoms with Crippen LogP contribution in [0.1, 0.15) is 85.5 Å². The minimum atomic E-state index is -1.73. The molecule has 1 spiro atoms. The first-order chi connectivity index (χ1) is 25.2.